The maximum atomic E-state index is 10.3. The summed E-state index contributed by atoms with van der Waals surface area (Å²) in [4.78, 5) is 0. The van der Waals surface area contributed by atoms with Crippen molar-refractivity contribution in [2.75, 3.05) is 26.4 Å². The van der Waals surface area contributed by atoms with Gasteiger partial charge in [0.25, 0.3) is 0 Å². The lowest BCUT2D eigenvalue weighted by molar-refractivity contribution is -0.310. The van der Waals surface area contributed by atoms with E-state index in [0.717, 1.165) is 38.5 Å². The van der Waals surface area contributed by atoms with Gasteiger partial charge in [-0.05, 0) is 19.3 Å². The zero-order chi connectivity index (χ0) is 17.8. The first kappa shape index (κ1) is 21.8. The predicted octanol–water partition coefficient (Wildman–Crippen LogP) is 2.25. The molecule has 0 aliphatic carbocycles. The maximum Gasteiger partial charge on any atom is 0.184 e. The monoisotopic (exact) mass is 348 g/mol. The number of hydrogen-bond donors (Lipinski definition) is 2. The van der Waals surface area contributed by atoms with Crippen LogP contribution < -0.4 is 0 Å². The maximum absolute atomic E-state index is 10.3. The van der Waals surface area contributed by atoms with E-state index in [1.807, 2.05) is 0 Å². The van der Waals surface area contributed by atoms with Crippen molar-refractivity contribution < 1.29 is 29.2 Å². The van der Waals surface area contributed by atoms with Crippen LogP contribution >= 0.6 is 0 Å². The third-order valence-corrected chi connectivity index (χ3v) is 4.21. The number of hydrogen-bond acceptors (Lipinski definition) is 6. The fraction of sp³-hybridized carbons (Fsp3) is 1.00. The average molecular weight is 348 g/mol. The van der Waals surface area contributed by atoms with E-state index < -0.39 is 30.7 Å². The first-order chi connectivity index (χ1) is 11.7. The predicted molar refractivity (Wildman–Crippen MR) is 91.9 cm³/mol. The van der Waals surface area contributed by atoms with Gasteiger partial charge in [-0.2, -0.15) is 0 Å². The van der Waals surface area contributed by atoms with E-state index >= 15 is 0 Å². The van der Waals surface area contributed by atoms with Crippen LogP contribution in [-0.2, 0) is 18.9 Å². The van der Waals surface area contributed by atoms with E-state index in [1.54, 1.807) is 0 Å². The largest absolute Gasteiger partial charge is 0.394 e. The van der Waals surface area contributed by atoms with Crippen LogP contribution in [0.5, 0.6) is 0 Å². The number of unbranched alkanes of at least 4 members (excludes halogenated alkanes) is 3. The molecule has 0 aromatic heterocycles. The first-order valence-electron chi connectivity index (χ1n) is 9.48. The van der Waals surface area contributed by atoms with Crippen LogP contribution in [0.4, 0.5) is 0 Å². The van der Waals surface area contributed by atoms with Crippen LogP contribution in [-0.4, -0.2) is 67.3 Å². The molecule has 0 radical (unpaired) electrons. The smallest absolute Gasteiger partial charge is 0.184 e. The third kappa shape index (κ3) is 6.94. The van der Waals surface area contributed by atoms with Gasteiger partial charge in [-0.3, -0.25) is 0 Å². The molecule has 0 aromatic carbocycles. The van der Waals surface area contributed by atoms with E-state index in [9.17, 15) is 10.2 Å². The van der Waals surface area contributed by atoms with Gasteiger partial charge in [-0.25, -0.2) is 0 Å². The third-order valence-electron chi connectivity index (χ3n) is 4.21. The van der Waals surface area contributed by atoms with E-state index in [2.05, 4.69) is 20.8 Å². The average Bonchev–Trinajstić information content (AvgIpc) is 2.58. The summed E-state index contributed by atoms with van der Waals surface area (Å²) >= 11 is 0. The number of rotatable bonds is 13. The van der Waals surface area contributed by atoms with Crippen molar-refractivity contribution >= 4 is 0 Å². The Balaban J connectivity index is 2.79. The van der Waals surface area contributed by atoms with Gasteiger partial charge < -0.3 is 29.2 Å². The Kier molecular flexibility index (Phi) is 11.8. The molecule has 0 bridgehead atoms. The van der Waals surface area contributed by atoms with Gasteiger partial charge in [0.1, 0.15) is 24.4 Å². The summed E-state index contributed by atoms with van der Waals surface area (Å²) in [7, 11) is 0. The van der Waals surface area contributed by atoms with Crippen LogP contribution in [0, 0.1) is 0 Å². The molecular formula is C18H36O6. The van der Waals surface area contributed by atoms with Gasteiger partial charge in [0, 0.05) is 19.8 Å². The Bertz CT molecular complexity index is 301. The molecule has 5 atom stereocenters. The second-order valence-electron chi connectivity index (χ2n) is 6.31. The Morgan fingerprint density at radius 1 is 0.750 bits per heavy atom. The SMILES string of the molecule is CCCCOC1[C@H](O)OC(CO)[C@H](OCCCC)[C@@H]1OCCCC. The van der Waals surface area contributed by atoms with Crippen molar-refractivity contribution in [2.45, 2.75) is 90.0 Å². The molecule has 1 fully saturated rings. The summed E-state index contributed by atoms with van der Waals surface area (Å²) in [5.41, 5.74) is 0. The van der Waals surface area contributed by atoms with Gasteiger partial charge in [-0.1, -0.05) is 40.0 Å². The highest BCUT2D eigenvalue weighted by molar-refractivity contribution is 4.92. The molecule has 1 saturated heterocycles. The minimum absolute atomic E-state index is 0.219. The molecule has 1 rings (SSSR count). The van der Waals surface area contributed by atoms with E-state index in [1.165, 1.54) is 0 Å². The molecule has 1 heterocycles. The summed E-state index contributed by atoms with van der Waals surface area (Å²) in [5.74, 6) is 0. The quantitative estimate of drug-likeness (QED) is 0.497. The molecule has 6 heteroatoms. The highest BCUT2D eigenvalue weighted by atomic mass is 16.7. The molecule has 6 nitrogen and oxygen atoms in total. The Hall–Kier alpha value is -0.240. The molecule has 2 unspecified atom stereocenters. The molecule has 144 valence electrons. The minimum atomic E-state index is -1.11. The Morgan fingerprint density at radius 3 is 1.67 bits per heavy atom. The van der Waals surface area contributed by atoms with Crippen LogP contribution in [0.15, 0.2) is 0 Å². The highest BCUT2D eigenvalue weighted by Crippen LogP contribution is 2.27. The van der Waals surface area contributed by atoms with Crippen LogP contribution in [0.1, 0.15) is 59.3 Å². The lowest BCUT2D eigenvalue weighted by atomic mass is 9.98. The highest BCUT2D eigenvalue weighted by Gasteiger charge is 2.47. The summed E-state index contributed by atoms with van der Waals surface area (Å²) < 4.78 is 23.3. The lowest BCUT2D eigenvalue weighted by Crippen LogP contribution is -2.61. The van der Waals surface area contributed by atoms with Crippen molar-refractivity contribution in [3.05, 3.63) is 0 Å². The topological polar surface area (TPSA) is 77.4 Å². The van der Waals surface area contributed by atoms with E-state index in [-0.39, 0.29) is 6.61 Å². The second kappa shape index (κ2) is 13.0. The summed E-state index contributed by atoms with van der Waals surface area (Å²) in [6.45, 7) is 7.76. The molecule has 2 N–H and O–H groups in total. The van der Waals surface area contributed by atoms with Gasteiger partial charge in [0.15, 0.2) is 6.29 Å². The Morgan fingerprint density at radius 2 is 1.21 bits per heavy atom. The van der Waals surface area contributed by atoms with E-state index in [0.29, 0.717) is 19.8 Å². The zero-order valence-electron chi connectivity index (χ0n) is 15.5. The molecular weight excluding hydrogens is 312 g/mol. The summed E-state index contributed by atoms with van der Waals surface area (Å²) in [5, 5.41) is 19.9. The van der Waals surface area contributed by atoms with E-state index in [4.69, 9.17) is 18.9 Å². The van der Waals surface area contributed by atoms with Crippen molar-refractivity contribution in [1.82, 2.24) is 0 Å². The lowest BCUT2D eigenvalue weighted by Gasteiger charge is -2.44. The van der Waals surface area contributed by atoms with Gasteiger partial charge in [-0.15, -0.1) is 0 Å². The fourth-order valence-electron chi connectivity index (χ4n) is 2.70. The summed E-state index contributed by atoms with van der Waals surface area (Å²) in [6.07, 6.45) is 2.65. The zero-order valence-corrected chi connectivity index (χ0v) is 15.5. The Labute approximate surface area is 146 Å². The first-order valence-corrected chi connectivity index (χ1v) is 9.48. The standard InChI is InChI=1S/C18H36O6/c1-4-7-10-21-15-14(13-19)24-18(20)17(23-12-9-6-3)16(15)22-11-8-5-2/h14-20H,4-13H2,1-3H3/t14?,15-,16-,17?,18+/m0/s1. The number of aliphatic hydroxyl groups excluding tert-OH is 2. The molecule has 1 aliphatic rings. The molecule has 0 aromatic rings. The van der Waals surface area contributed by atoms with Crippen molar-refractivity contribution in [2.24, 2.45) is 0 Å². The normalized spacial score (nSPS) is 30.6. The molecule has 0 amide bonds. The van der Waals surface area contributed by atoms with Crippen LogP contribution in [0.3, 0.4) is 0 Å². The molecule has 0 saturated carbocycles. The van der Waals surface area contributed by atoms with Gasteiger partial charge >= 0.3 is 0 Å². The minimum Gasteiger partial charge on any atom is -0.394 e. The van der Waals surface area contributed by atoms with Crippen molar-refractivity contribution in [3.63, 3.8) is 0 Å². The number of aliphatic hydroxyl groups is 2. The second-order valence-corrected chi connectivity index (χ2v) is 6.31. The molecule has 24 heavy (non-hydrogen) atoms. The number of ether oxygens (including phenoxy) is 4. The van der Waals surface area contributed by atoms with Gasteiger partial charge in [0.05, 0.1) is 6.61 Å². The van der Waals surface area contributed by atoms with Crippen molar-refractivity contribution in [1.29, 1.82) is 0 Å². The van der Waals surface area contributed by atoms with Crippen LogP contribution in [0.25, 0.3) is 0 Å². The van der Waals surface area contributed by atoms with Crippen LogP contribution in [0.2, 0.25) is 0 Å². The van der Waals surface area contributed by atoms with Gasteiger partial charge in [0.2, 0.25) is 0 Å². The molecule has 1 aliphatic heterocycles. The summed E-state index contributed by atoms with van der Waals surface area (Å²) in [6, 6.07) is 0. The molecule has 0 spiro atoms. The fourth-order valence-corrected chi connectivity index (χ4v) is 2.70. The van der Waals surface area contributed by atoms with Crippen molar-refractivity contribution in [3.8, 4) is 0 Å².